The summed E-state index contributed by atoms with van der Waals surface area (Å²) in [5, 5.41) is 11.3. The summed E-state index contributed by atoms with van der Waals surface area (Å²) < 4.78 is 6.74. The van der Waals surface area contributed by atoms with Crippen LogP contribution in [0.25, 0.3) is 5.76 Å². The van der Waals surface area contributed by atoms with Crippen molar-refractivity contribution in [3.05, 3.63) is 69.2 Å². The second-order valence-corrected chi connectivity index (χ2v) is 10.3. The number of amides is 1. The van der Waals surface area contributed by atoms with Crippen LogP contribution in [0.4, 0.5) is 0 Å². The van der Waals surface area contributed by atoms with Crippen molar-refractivity contribution in [1.29, 1.82) is 0 Å². The maximum Gasteiger partial charge on any atom is 0.295 e. The van der Waals surface area contributed by atoms with Crippen LogP contribution in [-0.4, -0.2) is 60.4 Å². The number of likely N-dealkylation sites (tertiary alicyclic amines) is 1. The predicted octanol–water partition coefficient (Wildman–Crippen LogP) is 5.17. The Kier molecular flexibility index (Phi) is 8.55. The van der Waals surface area contributed by atoms with E-state index < -0.39 is 17.7 Å². The van der Waals surface area contributed by atoms with Gasteiger partial charge in [0.05, 0.1) is 18.2 Å². The van der Waals surface area contributed by atoms with Crippen molar-refractivity contribution in [3.63, 3.8) is 0 Å². The molecule has 1 fully saturated rings. The van der Waals surface area contributed by atoms with Crippen LogP contribution in [0.15, 0.2) is 52.5 Å². The average molecular weight is 529 g/mol. The number of halogens is 1. The van der Waals surface area contributed by atoms with Gasteiger partial charge < -0.3 is 19.6 Å². The zero-order chi connectivity index (χ0) is 25.0. The maximum absolute atomic E-state index is 13.2. The second-order valence-electron chi connectivity index (χ2n) is 9.39. The van der Waals surface area contributed by atoms with Gasteiger partial charge in [-0.05, 0) is 81.4 Å². The number of aliphatic hydroxyl groups excluding tert-OH is 1. The van der Waals surface area contributed by atoms with Crippen molar-refractivity contribution >= 4 is 33.4 Å². The number of ether oxygens (including phenoxy) is 1. The lowest BCUT2D eigenvalue weighted by Crippen LogP contribution is -2.32. The summed E-state index contributed by atoms with van der Waals surface area (Å²) in [6.07, 6.45) is 0.716. The van der Waals surface area contributed by atoms with Gasteiger partial charge in [-0.15, -0.1) is 0 Å². The Morgan fingerprint density at radius 3 is 2.41 bits per heavy atom. The Hall–Kier alpha value is -2.64. The number of benzene rings is 2. The maximum atomic E-state index is 13.2. The molecule has 1 atom stereocenters. The van der Waals surface area contributed by atoms with E-state index in [0.717, 1.165) is 27.9 Å². The molecule has 0 bridgehead atoms. The van der Waals surface area contributed by atoms with E-state index in [1.54, 1.807) is 23.1 Å². The van der Waals surface area contributed by atoms with E-state index in [1.165, 1.54) is 0 Å². The first-order valence-electron chi connectivity index (χ1n) is 11.5. The molecule has 34 heavy (non-hydrogen) atoms. The molecule has 0 saturated carbocycles. The number of carbonyl (C=O) groups is 2. The summed E-state index contributed by atoms with van der Waals surface area (Å²) >= 11 is 3.44. The highest BCUT2D eigenvalue weighted by Gasteiger charge is 2.45. The van der Waals surface area contributed by atoms with E-state index in [4.69, 9.17) is 4.74 Å². The number of aliphatic hydroxyl groups is 1. The summed E-state index contributed by atoms with van der Waals surface area (Å²) in [6.45, 7) is 7.85. The Morgan fingerprint density at radius 2 is 1.82 bits per heavy atom. The van der Waals surface area contributed by atoms with E-state index in [0.29, 0.717) is 31.1 Å². The molecule has 7 heteroatoms. The number of hydrogen-bond acceptors (Lipinski definition) is 5. The first-order chi connectivity index (χ1) is 16.1. The SMILES string of the molecule is Cc1cc(C(O)=C2C(=O)C(=O)N(CCCN(C)C)[C@H]2c2ccc(Br)cc2)ccc1OCC(C)C. The van der Waals surface area contributed by atoms with Gasteiger partial charge in [0.15, 0.2) is 0 Å². The van der Waals surface area contributed by atoms with E-state index in [9.17, 15) is 14.7 Å². The lowest BCUT2D eigenvalue weighted by molar-refractivity contribution is -0.139. The topological polar surface area (TPSA) is 70.1 Å². The molecule has 0 spiro atoms. The van der Waals surface area contributed by atoms with Gasteiger partial charge in [0.25, 0.3) is 11.7 Å². The number of aryl methyl sites for hydroxylation is 1. The third kappa shape index (κ3) is 5.88. The molecular weight excluding hydrogens is 496 g/mol. The Labute approximate surface area is 210 Å². The van der Waals surface area contributed by atoms with Gasteiger partial charge in [0.2, 0.25) is 0 Å². The second kappa shape index (κ2) is 11.2. The monoisotopic (exact) mass is 528 g/mol. The van der Waals surface area contributed by atoms with E-state index in [-0.39, 0.29) is 11.3 Å². The van der Waals surface area contributed by atoms with Crippen molar-refractivity contribution in [2.45, 2.75) is 33.2 Å². The van der Waals surface area contributed by atoms with Crippen molar-refractivity contribution in [1.82, 2.24) is 9.80 Å². The first-order valence-corrected chi connectivity index (χ1v) is 12.3. The Balaban J connectivity index is 2.03. The van der Waals surface area contributed by atoms with Crippen molar-refractivity contribution in [3.8, 4) is 5.75 Å². The van der Waals surface area contributed by atoms with Crippen LogP contribution >= 0.6 is 15.9 Å². The quantitative estimate of drug-likeness (QED) is 0.276. The van der Waals surface area contributed by atoms with Gasteiger partial charge in [-0.1, -0.05) is 41.9 Å². The van der Waals surface area contributed by atoms with Gasteiger partial charge in [-0.25, -0.2) is 0 Å². The number of hydrogen-bond donors (Lipinski definition) is 1. The minimum atomic E-state index is -0.659. The van der Waals surface area contributed by atoms with Crippen molar-refractivity contribution in [2.24, 2.45) is 5.92 Å². The Bertz CT molecular complexity index is 1080. The van der Waals surface area contributed by atoms with Crippen LogP contribution in [0.1, 0.15) is 43.0 Å². The fourth-order valence-corrected chi connectivity index (χ4v) is 4.29. The third-order valence-electron chi connectivity index (χ3n) is 5.75. The van der Waals surface area contributed by atoms with Crippen molar-refractivity contribution < 1.29 is 19.4 Å². The predicted molar refractivity (Wildman–Crippen MR) is 138 cm³/mol. The summed E-state index contributed by atoms with van der Waals surface area (Å²) in [6, 6.07) is 12.2. The molecule has 0 aromatic heterocycles. The summed E-state index contributed by atoms with van der Waals surface area (Å²) in [7, 11) is 3.94. The van der Waals surface area contributed by atoms with Crippen LogP contribution in [-0.2, 0) is 9.59 Å². The van der Waals surface area contributed by atoms with Crippen LogP contribution in [0.2, 0.25) is 0 Å². The molecule has 1 aliphatic rings. The lowest BCUT2D eigenvalue weighted by atomic mass is 9.94. The fraction of sp³-hybridized carbons (Fsp3) is 0.407. The molecule has 1 aliphatic heterocycles. The highest BCUT2D eigenvalue weighted by Crippen LogP contribution is 2.40. The first kappa shape index (κ1) is 26.0. The zero-order valence-electron chi connectivity index (χ0n) is 20.5. The molecule has 1 amide bonds. The van der Waals surface area contributed by atoms with Crippen LogP contribution < -0.4 is 4.74 Å². The summed E-state index contributed by atoms with van der Waals surface area (Å²) in [5.74, 6) is -0.282. The molecule has 3 rings (SSSR count). The minimum absolute atomic E-state index is 0.118. The fourth-order valence-electron chi connectivity index (χ4n) is 4.03. The van der Waals surface area contributed by atoms with Gasteiger partial charge in [-0.2, -0.15) is 0 Å². The highest BCUT2D eigenvalue weighted by molar-refractivity contribution is 9.10. The largest absolute Gasteiger partial charge is 0.507 e. The third-order valence-corrected chi connectivity index (χ3v) is 6.28. The van der Waals surface area contributed by atoms with Gasteiger partial charge in [0, 0.05) is 16.6 Å². The van der Waals surface area contributed by atoms with Crippen LogP contribution in [0, 0.1) is 12.8 Å². The van der Waals surface area contributed by atoms with E-state index in [1.807, 2.05) is 50.2 Å². The molecule has 1 saturated heterocycles. The molecule has 0 radical (unpaired) electrons. The summed E-state index contributed by atoms with van der Waals surface area (Å²) in [5.41, 5.74) is 2.24. The number of Topliss-reactive ketones (excluding diaryl/α,β-unsaturated/α-hetero) is 1. The van der Waals surface area contributed by atoms with Crippen LogP contribution in [0.5, 0.6) is 5.75 Å². The molecule has 182 valence electrons. The molecule has 6 nitrogen and oxygen atoms in total. The molecule has 2 aromatic carbocycles. The number of ketones is 1. The molecule has 1 N–H and O–H groups in total. The van der Waals surface area contributed by atoms with Crippen molar-refractivity contribution in [2.75, 3.05) is 33.8 Å². The van der Waals surface area contributed by atoms with Gasteiger partial charge in [0.1, 0.15) is 11.5 Å². The average Bonchev–Trinajstić information content (AvgIpc) is 3.03. The lowest BCUT2D eigenvalue weighted by Gasteiger charge is -2.26. The normalized spacial score (nSPS) is 17.8. The highest BCUT2D eigenvalue weighted by atomic mass is 79.9. The standard InChI is InChI=1S/C27H33BrN2O4/c1-17(2)16-34-22-12-9-20(15-18(22)3)25(31)23-24(19-7-10-21(28)11-8-19)30(27(33)26(23)32)14-6-13-29(4)5/h7-12,15,17,24,31H,6,13-14,16H2,1-5H3/t24-/m0/s1. The number of carbonyl (C=O) groups excluding carboxylic acids is 2. The summed E-state index contributed by atoms with van der Waals surface area (Å²) in [4.78, 5) is 29.8. The van der Waals surface area contributed by atoms with Gasteiger partial charge >= 0.3 is 0 Å². The molecule has 0 unspecified atom stereocenters. The van der Waals surface area contributed by atoms with Gasteiger partial charge in [-0.3, -0.25) is 9.59 Å². The van der Waals surface area contributed by atoms with Crippen LogP contribution in [0.3, 0.4) is 0 Å². The zero-order valence-corrected chi connectivity index (χ0v) is 22.1. The Morgan fingerprint density at radius 1 is 1.15 bits per heavy atom. The van der Waals surface area contributed by atoms with E-state index >= 15 is 0 Å². The molecule has 2 aromatic rings. The minimum Gasteiger partial charge on any atom is -0.507 e. The number of nitrogens with zero attached hydrogens (tertiary/aromatic N) is 2. The molecular formula is C27H33BrN2O4. The molecule has 1 heterocycles. The molecule has 0 aliphatic carbocycles. The smallest absolute Gasteiger partial charge is 0.295 e. The van der Waals surface area contributed by atoms with E-state index in [2.05, 4.69) is 29.8 Å². The number of rotatable bonds is 9.